The van der Waals surface area contributed by atoms with Gasteiger partial charge in [0.05, 0.1) is 18.8 Å². The molecule has 1 fully saturated rings. The molecule has 1 rings (SSSR count). The number of aliphatic hydroxyl groups excluding tert-OH is 7. The van der Waals surface area contributed by atoms with E-state index in [1.807, 2.05) is 24.3 Å². The van der Waals surface area contributed by atoms with Crippen molar-refractivity contribution >= 4 is 19.8 Å². The van der Waals surface area contributed by atoms with Crippen LogP contribution in [0.3, 0.4) is 0 Å². The molecule has 1 aliphatic carbocycles. The fraction of sp³-hybridized carbons (Fsp3) is 0.633. The van der Waals surface area contributed by atoms with Crippen LogP contribution in [-0.2, 0) is 32.7 Å². The summed E-state index contributed by atoms with van der Waals surface area (Å²) in [6.07, 6.45) is 29.4. The van der Waals surface area contributed by atoms with E-state index in [1.54, 1.807) is 24.3 Å². The number of aliphatic hydroxyl groups is 7. The van der Waals surface area contributed by atoms with Crippen molar-refractivity contribution in [1.82, 2.24) is 0 Å². The number of esters is 2. The molecule has 15 nitrogen and oxygen atoms in total. The molecule has 1 saturated carbocycles. The normalized spacial score (nSPS) is 23.3. The lowest BCUT2D eigenvalue weighted by atomic mass is 9.85. The van der Waals surface area contributed by atoms with E-state index in [4.69, 9.17) is 18.5 Å². The van der Waals surface area contributed by atoms with Crippen molar-refractivity contribution in [3.05, 3.63) is 97.2 Å². The van der Waals surface area contributed by atoms with E-state index in [9.17, 15) is 54.8 Å². The first-order valence-corrected chi connectivity index (χ1v) is 24.8. The quantitative estimate of drug-likeness (QED) is 0.0104. The van der Waals surface area contributed by atoms with Gasteiger partial charge in [0.2, 0.25) is 0 Å². The molecule has 370 valence electrons. The maximum absolute atomic E-state index is 12.8. The summed E-state index contributed by atoms with van der Waals surface area (Å²) in [6.45, 7) is 2.85. The summed E-state index contributed by atoms with van der Waals surface area (Å²) < 4.78 is 33.3. The molecule has 0 amide bonds. The molecule has 0 heterocycles. The highest BCUT2D eigenvalue weighted by atomic mass is 31.2. The Kier molecular flexibility index (Phi) is 34.7. The summed E-state index contributed by atoms with van der Waals surface area (Å²) in [5.41, 5.74) is 0. The smallest absolute Gasteiger partial charge is 0.462 e. The zero-order chi connectivity index (χ0) is 48.1. The van der Waals surface area contributed by atoms with Crippen molar-refractivity contribution < 1.29 is 73.3 Å². The van der Waals surface area contributed by atoms with Gasteiger partial charge in [0.15, 0.2) is 6.10 Å². The molecule has 0 aromatic carbocycles. The summed E-state index contributed by atoms with van der Waals surface area (Å²) in [7, 11) is -5.19. The third kappa shape index (κ3) is 30.6. The molecule has 0 radical (unpaired) electrons. The van der Waals surface area contributed by atoms with E-state index >= 15 is 0 Å². The monoisotopic (exact) mass is 939 g/mol. The van der Waals surface area contributed by atoms with Gasteiger partial charge in [-0.3, -0.25) is 18.6 Å². The average Bonchev–Trinajstić information content (AvgIpc) is 3.28. The van der Waals surface area contributed by atoms with Crippen LogP contribution in [0.4, 0.5) is 0 Å². The Balaban J connectivity index is 2.59. The van der Waals surface area contributed by atoms with Gasteiger partial charge in [0.1, 0.15) is 43.2 Å². The highest BCUT2D eigenvalue weighted by Crippen LogP contribution is 2.47. The van der Waals surface area contributed by atoms with Gasteiger partial charge in [-0.15, -0.1) is 0 Å². The molecule has 0 aromatic heterocycles. The third-order valence-corrected chi connectivity index (χ3v) is 11.1. The molecule has 0 saturated heterocycles. The Hall–Kier alpha value is -3.31. The molecule has 16 heteroatoms. The second-order valence-corrected chi connectivity index (χ2v) is 17.3. The van der Waals surface area contributed by atoms with Gasteiger partial charge in [-0.1, -0.05) is 143 Å². The second kappa shape index (κ2) is 37.7. The Bertz CT molecular complexity index is 1540. The van der Waals surface area contributed by atoms with Crippen LogP contribution in [0.25, 0.3) is 0 Å². The van der Waals surface area contributed by atoms with Crippen LogP contribution in [0.1, 0.15) is 129 Å². The number of phosphoric acid groups is 1. The molecule has 0 aromatic rings. The van der Waals surface area contributed by atoms with Crippen LogP contribution in [0.2, 0.25) is 0 Å². The average molecular weight is 939 g/mol. The van der Waals surface area contributed by atoms with Gasteiger partial charge in [-0.2, -0.15) is 0 Å². The van der Waals surface area contributed by atoms with Crippen LogP contribution < -0.4 is 0 Å². The zero-order valence-electron chi connectivity index (χ0n) is 38.5. The lowest BCUT2D eigenvalue weighted by Crippen LogP contribution is -2.64. The highest BCUT2D eigenvalue weighted by molar-refractivity contribution is 7.47. The summed E-state index contributed by atoms with van der Waals surface area (Å²) >= 11 is 0. The fourth-order valence-corrected chi connectivity index (χ4v) is 7.29. The van der Waals surface area contributed by atoms with Crippen LogP contribution in [0.5, 0.6) is 0 Å². The molecule has 0 bridgehead atoms. The standard InChI is InChI=1S/C49H79O15P/c1-3-5-7-8-9-10-11-12-13-14-15-16-17-18-22-25-29-35-43(53)63-41(38-62-65(59,60)64-49-47(57)45(55)44(54)46(56)48(49)58)37-61-42(52)36-30-34-40(51)33-28-24-21-19-20-23-27-32-39(50)31-26-6-4-2/h5,7,9-10,12-13,15-16,20-21,23-24,27-28,32-33,39-41,44-51,54-58H,3-4,6,8,11,14,17-19,22,25-26,29-31,34-38H2,1-2H3,(H,59,60)/b7-5-,10-9-,13-12-,16-15-,23-20-,24-21-,32-27+,33-28+/t39-,40-,41+,44?,45-,46+,47+,48+,49?/m0/s1. The van der Waals surface area contributed by atoms with Crippen molar-refractivity contribution in [2.24, 2.45) is 0 Å². The number of allylic oxidation sites excluding steroid dienone is 14. The summed E-state index contributed by atoms with van der Waals surface area (Å²) in [5, 5.41) is 70.4. The van der Waals surface area contributed by atoms with Crippen LogP contribution >= 0.6 is 7.82 Å². The van der Waals surface area contributed by atoms with Crippen LogP contribution in [0.15, 0.2) is 97.2 Å². The molecule has 10 atom stereocenters. The zero-order valence-corrected chi connectivity index (χ0v) is 39.4. The maximum atomic E-state index is 12.8. The number of unbranched alkanes of at least 4 members (excludes halogenated alkanes) is 6. The molecule has 3 unspecified atom stereocenters. The Labute approximate surface area is 386 Å². The predicted molar refractivity (Wildman–Crippen MR) is 251 cm³/mol. The number of phosphoric ester groups is 1. The number of hydrogen-bond donors (Lipinski definition) is 8. The van der Waals surface area contributed by atoms with E-state index in [0.717, 1.165) is 77.0 Å². The van der Waals surface area contributed by atoms with Gasteiger partial charge in [0.25, 0.3) is 0 Å². The summed E-state index contributed by atoms with van der Waals surface area (Å²) in [5.74, 6) is -1.37. The SMILES string of the molecule is CC/C=C\C/C=C\C/C=C\C/C=C\CCCCCCC(=O)O[C@H](COC(=O)CCC[C@@H](O)/C=C/C=C\C/C=C\C=C\[C@@H](O)CCCCC)COP(=O)(O)OC1[C@H](O)[C@H](O)C(O)[C@H](O)[C@H]1O. The van der Waals surface area contributed by atoms with Gasteiger partial charge < -0.3 is 50.1 Å². The number of rotatable bonds is 36. The van der Waals surface area contributed by atoms with Crippen LogP contribution in [-0.4, -0.2) is 121 Å². The number of carbonyl (C=O) groups excluding carboxylic acids is 2. The van der Waals surface area contributed by atoms with E-state index in [-0.39, 0.29) is 25.7 Å². The molecule has 65 heavy (non-hydrogen) atoms. The van der Waals surface area contributed by atoms with Gasteiger partial charge >= 0.3 is 19.8 Å². The van der Waals surface area contributed by atoms with Crippen molar-refractivity contribution in [2.45, 2.75) is 184 Å². The first-order valence-electron chi connectivity index (χ1n) is 23.3. The van der Waals surface area contributed by atoms with Crippen molar-refractivity contribution in [3.8, 4) is 0 Å². The summed E-state index contributed by atoms with van der Waals surface area (Å²) in [6, 6.07) is 0. The Morgan fingerprint density at radius 1 is 0.569 bits per heavy atom. The predicted octanol–water partition coefficient (Wildman–Crippen LogP) is 6.99. The van der Waals surface area contributed by atoms with E-state index in [1.165, 1.54) is 0 Å². The Morgan fingerprint density at radius 2 is 1.08 bits per heavy atom. The molecule has 1 aliphatic rings. The first kappa shape index (κ1) is 59.7. The van der Waals surface area contributed by atoms with Crippen molar-refractivity contribution in [2.75, 3.05) is 13.2 Å². The van der Waals surface area contributed by atoms with Crippen LogP contribution in [0, 0.1) is 0 Å². The molecule has 8 N–H and O–H groups in total. The number of ether oxygens (including phenoxy) is 2. The topological polar surface area (TPSA) is 250 Å². The maximum Gasteiger partial charge on any atom is 0.472 e. The lowest BCUT2D eigenvalue weighted by Gasteiger charge is -2.41. The van der Waals surface area contributed by atoms with E-state index < -0.39 is 87.9 Å². The van der Waals surface area contributed by atoms with E-state index in [0.29, 0.717) is 12.8 Å². The molecular formula is C49H79O15P. The lowest BCUT2D eigenvalue weighted by molar-refractivity contribution is -0.220. The summed E-state index contributed by atoms with van der Waals surface area (Å²) in [4.78, 5) is 35.7. The van der Waals surface area contributed by atoms with Gasteiger partial charge in [-0.25, -0.2) is 4.57 Å². The largest absolute Gasteiger partial charge is 0.472 e. The minimum Gasteiger partial charge on any atom is -0.462 e. The highest BCUT2D eigenvalue weighted by Gasteiger charge is 2.51. The van der Waals surface area contributed by atoms with Gasteiger partial charge in [-0.05, 0) is 70.6 Å². The molecular weight excluding hydrogens is 859 g/mol. The minimum absolute atomic E-state index is 0.0131. The minimum atomic E-state index is -5.19. The third-order valence-electron chi connectivity index (χ3n) is 10.1. The Morgan fingerprint density at radius 3 is 1.66 bits per heavy atom. The fourth-order valence-electron chi connectivity index (χ4n) is 6.31. The number of hydrogen-bond acceptors (Lipinski definition) is 14. The van der Waals surface area contributed by atoms with E-state index in [2.05, 4.69) is 62.5 Å². The second-order valence-electron chi connectivity index (χ2n) is 15.9. The van der Waals surface area contributed by atoms with Crippen molar-refractivity contribution in [3.63, 3.8) is 0 Å². The number of carbonyl (C=O) groups is 2. The van der Waals surface area contributed by atoms with Crippen molar-refractivity contribution in [1.29, 1.82) is 0 Å². The van der Waals surface area contributed by atoms with Gasteiger partial charge in [0, 0.05) is 12.8 Å². The molecule has 0 aliphatic heterocycles. The molecule has 0 spiro atoms. The first-order chi connectivity index (χ1) is 31.2.